The fourth-order valence-electron chi connectivity index (χ4n) is 1.72. The van der Waals surface area contributed by atoms with E-state index in [0.29, 0.717) is 6.07 Å². The predicted molar refractivity (Wildman–Crippen MR) is 70.9 cm³/mol. The molecule has 0 amide bonds. The fraction of sp³-hybridized carbons (Fsp3) is 0.286. The van der Waals surface area contributed by atoms with Crippen molar-refractivity contribution in [2.24, 2.45) is 0 Å². The van der Waals surface area contributed by atoms with Gasteiger partial charge < -0.3 is 19.5 Å². The van der Waals surface area contributed by atoms with Crippen molar-refractivity contribution in [1.29, 1.82) is 0 Å². The molecule has 1 aliphatic rings. The van der Waals surface area contributed by atoms with Crippen LogP contribution >= 0.6 is 0 Å². The third-order valence-corrected chi connectivity index (χ3v) is 2.73. The molecule has 8 heteroatoms. The minimum absolute atomic E-state index is 0.184. The zero-order valence-electron chi connectivity index (χ0n) is 12.0. The Bertz CT molecular complexity index is 647. The summed E-state index contributed by atoms with van der Waals surface area (Å²) in [4.78, 5) is 23.4. The minimum Gasteiger partial charge on any atom is -0.494 e. The van der Waals surface area contributed by atoms with Crippen LogP contribution in [-0.4, -0.2) is 24.8 Å². The summed E-state index contributed by atoms with van der Waals surface area (Å²) in [5.74, 6) is -5.19. The van der Waals surface area contributed by atoms with Crippen molar-refractivity contribution in [2.45, 2.75) is 19.6 Å². The maximum Gasteiger partial charge on any atom is 0.350 e. The molecule has 1 aromatic rings. The largest absolute Gasteiger partial charge is 0.494 e. The Balaban J connectivity index is 2.25. The molecule has 1 saturated heterocycles. The summed E-state index contributed by atoms with van der Waals surface area (Å²) in [6, 6.07) is 1.66. The van der Waals surface area contributed by atoms with Gasteiger partial charge in [0.1, 0.15) is 5.82 Å². The van der Waals surface area contributed by atoms with Gasteiger partial charge in [0.2, 0.25) is 0 Å². The third kappa shape index (κ3) is 3.16. The SMILES string of the molecule is COc1cc(NC=C2C(=O)OC(C)(C)OC2=O)c(F)cc1F. The molecular weight excluding hydrogens is 300 g/mol. The van der Waals surface area contributed by atoms with E-state index >= 15 is 0 Å². The van der Waals surface area contributed by atoms with Crippen LogP contribution in [0.2, 0.25) is 0 Å². The highest BCUT2D eigenvalue weighted by Gasteiger charge is 2.39. The van der Waals surface area contributed by atoms with Crippen molar-refractivity contribution in [3.63, 3.8) is 0 Å². The minimum atomic E-state index is -1.37. The molecular formula is C14H13F2NO5. The standard InChI is InChI=1S/C14H13F2NO5/c1-14(2)21-12(18)7(13(19)22-14)6-17-10-5-11(20-3)9(16)4-8(10)15/h4-6,17H,1-3H3. The average Bonchev–Trinajstić information content (AvgIpc) is 2.38. The number of hydrogen-bond acceptors (Lipinski definition) is 6. The van der Waals surface area contributed by atoms with E-state index in [1.54, 1.807) is 0 Å². The Hall–Kier alpha value is -2.64. The van der Waals surface area contributed by atoms with Crippen LogP contribution in [0.3, 0.4) is 0 Å². The molecule has 1 N–H and O–H groups in total. The van der Waals surface area contributed by atoms with Crippen LogP contribution in [0.15, 0.2) is 23.9 Å². The van der Waals surface area contributed by atoms with Crippen molar-refractivity contribution in [2.75, 3.05) is 12.4 Å². The number of benzene rings is 1. The number of anilines is 1. The lowest BCUT2D eigenvalue weighted by Crippen LogP contribution is -2.42. The van der Waals surface area contributed by atoms with E-state index in [2.05, 4.69) is 5.32 Å². The summed E-state index contributed by atoms with van der Waals surface area (Å²) in [7, 11) is 1.22. The zero-order valence-corrected chi connectivity index (χ0v) is 12.0. The highest BCUT2D eigenvalue weighted by atomic mass is 19.1. The molecule has 1 aliphatic heterocycles. The summed E-state index contributed by atoms with van der Waals surface area (Å²) in [6.45, 7) is 2.80. The van der Waals surface area contributed by atoms with Crippen molar-refractivity contribution in [3.8, 4) is 5.75 Å². The van der Waals surface area contributed by atoms with Gasteiger partial charge in [-0.1, -0.05) is 0 Å². The Kier molecular flexibility index (Phi) is 4.03. The van der Waals surface area contributed by atoms with Gasteiger partial charge in [0, 0.05) is 32.2 Å². The Labute approximate surface area is 124 Å². The van der Waals surface area contributed by atoms with Gasteiger partial charge in [-0.2, -0.15) is 0 Å². The number of halogens is 2. The zero-order chi connectivity index (χ0) is 16.5. The van der Waals surface area contributed by atoms with Gasteiger partial charge in [-0.15, -0.1) is 0 Å². The normalized spacial score (nSPS) is 16.7. The van der Waals surface area contributed by atoms with Gasteiger partial charge in [0.25, 0.3) is 5.79 Å². The topological polar surface area (TPSA) is 73.9 Å². The molecule has 0 atom stereocenters. The average molecular weight is 313 g/mol. The van der Waals surface area contributed by atoms with Crippen LogP contribution in [0.5, 0.6) is 5.75 Å². The van der Waals surface area contributed by atoms with Crippen LogP contribution in [0.4, 0.5) is 14.5 Å². The van der Waals surface area contributed by atoms with E-state index in [0.717, 1.165) is 12.3 Å². The number of carbonyl (C=O) groups is 2. The number of esters is 2. The van der Waals surface area contributed by atoms with Crippen LogP contribution in [0.25, 0.3) is 0 Å². The van der Waals surface area contributed by atoms with E-state index in [4.69, 9.17) is 14.2 Å². The van der Waals surface area contributed by atoms with Crippen molar-refractivity contribution in [3.05, 3.63) is 35.5 Å². The molecule has 0 radical (unpaired) electrons. The predicted octanol–water partition coefficient (Wildman–Crippen LogP) is 2.11. The molecule has 118 valence electrons. The number of nitrogens with one attached hydrogen (secondary N) is 1. The van der Waals surface area contributed by atoms with Gasteiger partial charge in [0.15, 0.2) is 17.1 Å². The van der Waals surface area contributed by atoms with Crippen molar-refractivity contribution >= 4 is 17.6 Å². The van der Waals surface area contributed by atoms with Crippen LogP contribution in [0.1, 0.15) is 13.8 Å². The van der Waals surface area contributed by atoms with Crippen LogP contribution in [0, 0.1) is 11.6 Å². The molecule has 1 fully saturated rings. The number of ether oxygens (including phenoxy) is 3. The second-order valence-electron chi connectivity index (χ2n) is 4.85. The highest BCUT2D eigenvalue weighted by molar-refractivity contribution is 6.15. The maximum absolute atomic E-state index is 13.6. The molecule has 6 nitrogen and oxygen atoms in total. The molecule has 0 spiro atoms. The summed E-state index contributed by atoms with van der Waals surface area (Å²) < 4.78 is 41.4. The van der Waals surface area contributed by atoms with E-state index in [-0.39, 0.29) is 11.4 Å². The summed E-state index contributed by atoms with van der Waals surface area (Å²) >= 11 is 0. The van der Waals surface area contributed by atoms with E-state index in [1.165, 1.54) is 21.0 Å². The summed E-state index contributed by atoms with van der Waals surface area (Å²) in [5, 5.41) is 2.39. The van der Waals surface area contributed by atoms with Crippen LogP contribution < -0.4 is 10.1 Å². The number of carbonyl (C=O) groups excluding carboxylic acids is 2. The van der Waals surface area contributed by atoms with E-state index < -0.39 is 34.9 Å². The lowest BCUT2D eigenvalue weighted by molar-refractivity contribution is -0.222. The molecule has 0 aliphatic carbocycles. The van der Waals surface area contributed by atoms with Gasteiger partial charge in [0.05, 0.1) is 12.8 Å². The van der Waals surface area contributed by atoms with Gasteiger partial charge in [-0.3, -0.25) is 0 Å². The highest BCUT2D eigenvalue weighted by Crippen LogP contribution is 2.26. The molecule has 1 aromatic carbocycles. The monoisotopic (exact) mass is 313 g/mol. The fourth-order valence-corrected chi connectivity index (χ4v) is 1.72. The Morgan fingerprint density at radius 2 is 1.73 bits per heavy atom. The van der Waals surface area contributed by atoms with Gasteiger partial charge in [-0.05, 0) is 0 Å². The first-order valence-corrected chi connectivity index (χ1v) is 6.20. The Morgan fingerprint density at radius 1 is 1.14 bits per heavy atom. The van der Waals surface area contributed by atoms with Crippen molar-refractivity contribution in [1.82, 2.24) is 0 Å². The maximum atomic E-state index is 13.6. The van der Waals surface area contributed by atoms with Gasteiger partial charge in [-0.25, -0.2) is 18.4 Å². The lowest BCUT2D eigenvalue weighted by Gasteiger charge is -2.29. The lowest BCUT2D eigenvalue weighted by atomic mass is 10.2. The van der Waals surface area contributed by atoms with E-state index in [1.807, 2.05) is 0 Å². The quantitative estimate of drug-likeness (QED) is 0.523. The molecule has 0 bridgehead atoms. The second kappa shape index (κ2) is 5.63. The number of rotatable bonds is 3. The Morgan fingerprint density at radius 3 is 2.27 bits per heavy atom. The van der Waals surface area contributed by atoms with E-state index in [9.17, 15) is 18.4 Å². The van der Waals surface area contributed by atoms with Crippen LogP contribution in [-0.2, 0) is 19.1 Å². The molecule has 2 rings (SSSR count). The summed E-state index contributed by atoms with van der Waals surface area (Å²) in [5.41, 5.74) is -0.627. The first-order chi connectivity index (χ1) is 10.2. The smallest absolute Gasteiger partial charge is 0.350 e. The molecule has 0 aromatic heterocycles. The first kappa shape index (κ1) is 15.7. The third-order valence-electron chi connectivity index (χ3n) is 2.73. The number of hydrogen-bond donors (Lipinski definition) is 1. The molecule has 0 saturated carbocycles. The molecule has 22 heavy (non-hydrogen) atoms. The molecule has 0 unspecified atom stereocenters. The number of methoxy groups -OCH3 is 1. The molecule has 1 heterocycles. The van der Waals surface area contributed by atoms with Crippen molar-refractivity contribution < 1.29 is 32.6 Å². The number of cyclic esters (lactones) is 2. The first-order valence-electron chi connectivity index (χ1n) is 6.20. The van der Waals surface area contributed by atoms with Gasteiger partial charge >= 0.3 is 11.9 Å². The second-order valence-corrected chi connectivity index (χ2v) is 4.85. The summed E-state index contributed by atoms with van der Waals surface area (Å²) in [6.07, 6.45) is 0.926.